The van der Waals surface area contributed by atoms with Gasteiger partial charge in [0.1, 0.15) is 5.82 Å². The molecule has 0 saturated heterocycles. The Morgan fingerprint density at radius 2 is 2.11 bits per heavy atom. The molecule has 3 rings (SSSR count). The van der Waals surface area contributed by atoms with E-state index in [2.05, 4.69) is 36.6 Å². The zero-order valence-electron chi connectivity index (χ0n) is 11.7. The Morgan fingerprint density at radius 3 is 2.84 bits per heavy atom. The van der Waals surface area contributed by atoms with Gasteiger partial charge in [0.05, 0.1) is 16.9 Å². The third-order valence-electron chi connectivity index (χ3n) is 4.44. The molecule has 1 aromatic carbocycles. The molecule has 1 aliphatic carbocycles. The average molecular weight is 277 g/mol. The first kappa shape index (κ1) is 13.0. The molecule has 0 bridgehead atoms. The molecule has 0 amide bonds. The SMILES string of the molecule is Cc1ccc2c(c1)nc(CCl)n2C1CCCCC1C. The summed E-state index contributed by atoms with van der Waals surface area (Å²) >= 11 is 6.13. The number of imidazole rings is 1. The molecule has 2 atom stereocenters. The molecule has 2 unspecified atom stereocenters. The normalized spacial score (nSPS) is 23.9. The van der Waals surface area contributed by atoms with Crippen LogP contribution in [0.2, 0.25) is 0 Å². The Labute approximate surface area is 119 Å². The van der Waals surface area contributed by atoms with Crippen molar-refractivity contribution in [1.82, 2.24) is 9.55 Å². The first-order chi connectivity index (χ1) is 9.20. The summed E-state index contributed by atoms with van der Waals surface area (Å²) in [5.74, 6) is 2.24. The fourth-order valence-corrected chi connectivity index (χ4v) is 3.59. The van der Waals surface area contributed by atoms with Gasteiger partial charge in [-0.2, -0.15) is 0 Å². The van der Waals surface area contributed by atoms with E-state index in [4.69, 9.17) is 16.6 Å². The minimum absolute atomic E-state index is 0.497. The van der Waals surface area contributed by atoms with Gasteiger partial charge in [-0.1, -0.05) is 25.8 Å². The highest BCUT2D eigenvalue weighted by molar-refractivity contribution is 6.16. The van der Waals surface area contributed by atoms with Crippen LogP contribution in [0, 0.1) is 12.8 Å². The largest absolute Gasteiger partial charge is 0.324 e. The molecule has 2 aromatic rings. The molecule has 0 N–H and O–H groups in total. The lowest BCUT2D eigenvalue weighted by atomic mass is 9.85. The van der Waals surface area contributed by atoms with Gasteiger partial charge in [-0.15, -0.1) is 11.6 Å². The molecule has 0 spiro atoms. The Hall–Kier alpha value is -1.02. The Morgan fingerprint density at radius 1 is 1.32 bits per heavy atom. The second-order valence-corrected chi connectivity index (χ2v) is 6.12. The van der Waals surface area contributed by atoms with E-state index in [0.29, 0.717) is 11.9 Å². The number of alkyl halides is 1. The molecule has 2 nitrogen and oxygen atoms in total. The van der Waals surface area contributed by atoms with Gasteiger partial charge in [0.15, 0.2) is 0 Å². The van der Waals surface area contributed by atoms with Crippen molar-refractivity contribution in [2.75, 3.05) is 0 Å². The summed E-state index contributed by atoms with van der Waals surface area (Å²) in [6.45, 7) is 4.48. The van der Waals surface area contributed by atoms with E-state index in [1.165, 1.54) is 36.8 Å². The second-order valence-electron chi connectivity index (χ2n) is 5.85. The van der Waals surface area contributed by atoms with Gasteiger partial charge in [0, 0.05) is 6.04 Å². The first-order valence-electron chi connectivity index (χ1n) is 7.24. The van der Waals surface area contributed by atoms with E-state index >= 15 is 0 Å². The van der Waals surface area contributed by atoms with Gasteiger partial charge in [-0.3, -0.25) is 0 Å². The fourth-order valence-electron chi connectivity index (χ4n) is 3.40. The maximum absolute atomic E-state index is 6.13. The number of fused-ring (bicyclic) bond motifs is 1. The van der Waals surface area contributed by atoms with E-state index in [1.54, 1.807) is 0 Å². The van der Waals surface area contributed by atoms with Gasteiger partial charge >= 0.3 is 0 Å². The van der Waals surface area contributed by atoms with Crippen LogP contribution in [0.25, 0.3) is 11.0 Å². The molecule has 1 aliphatic rings. The number of aryl methyl sites for hydroxylation is 1. The zero-order chi connectivity index (χ0) is 13.4. The van der Waals surface area contributed by atoms with Crippen LogP contribution in [0.1, 0.15) is 50.0 Å². The number of benzene rings is 1. The highest BCUT2D eigenvalue weighted by Crippen LogP contribution is 2.37. The Bertz CT molecular complexity index is 588. The number of hydrogen-bond donors (Lipinski definition) is 0. The Kier molecular flexibility index (Phi) is 3.53. The number of hydrogen-bond acceptors (Lipinski definition) is 1. The summed E-state index contributed by atoms with van der Waals surface area (Å²) in [5.41, 5.74) is 3.60. The molecule has 19 heavy (non-hydrogen) atoms. The second kappa shape index (κ2) is 5.16. The topological polar surface area (TPSA) is 17.8 Å². The number of aromatic nitrogens is 2. The zero-order valence-corrected chi connectivity index (χ0v) is 12.5. The van der Waals surface area contributed by atoms with Crippen LogP contribution < -0.4 is 0 Å². The lowest BCUT2D eigenvalue weighted by Crippen LogP contribution is -2.22. The van der Waals surface area contributed by atoms with Gasteiger partial charge < -0.3 is 4.57 Å². The van der Waals surface area contributed by atoms with Crippen LogP contribution in [0.4, 0.5) is 0 Å². The van der Waals surface area contributed by atoms with Crippen LogP contribution >= 0.6 is 11.6 Å². The van der Waals surface area contributed by atoms with E-state index in [0.717, 1.165) is 17.3 Å². The molecule has 3 heteroatoms. The van der Waals surface area contributed by atoms with Crippen LogP contribution in [0.5, 0.6) is 0 Å². The molecule has 0 aliphatic heterocycles. The molecule has 102 valence electrons. The van der Waals surface area contributed by atoms with Crippen molar-refractivity contribution in [2.24, 2.45) is 5.92 Å². The number of rotatable bonds is 2. The molecule has 1 fully saturated rings. The first-order valence-corrected chi connectivity index (χ1v) is 7.77. The number of nitrogens with zero attached hydrogens (tertiary/aromatic N) is 2. The van der Waals surface area contributed by atoms with E-state index < -0.39 is 0 Å². The van der Waals surface area contributed by atoms with Gasteiger partial charge in [0.25, 0.3) is 0 Å². The van der Waals surface area contributed by atoms with Crippen LogP contribution in [-0.4, -0.2) is 9.55 Å². The third-order valence-corrected chi connectivity index (χ3v) is 4.67. The molecular weight excluding hydrogens is 256 g/mol. The summed E-state index contributed by atoms with van der Waals surface area (Å²) in [5, 5.41) is 0. The van der Waals surface area contributed by atoms with Crippen molar-refractivity contribution >= 4 is 22.6 Å². The smallest absolute Gasteiger partial charge is 0.125 e. The van der Waals surface area contributed by atoms with Gasteiger partial charge in [-0.25, -0.2) is 4.98 Å². The van der Waals surface area contributed by atoms with Crippen molar-refractivity contribution in [2.45, 2.75) is 51.5 Å². The predicted molar refractivity (Wildman–Crippen MR) is 80.7 cm³/mol. The average Bonchev–Trinajstić information content (AvgIpc) is 2.76. The molecule has 1 aromatic heterocycles. The third kappa shape index (κ3) is 2.27. The predicted octanol–water partition coefficient (Wildman–Crippen LogP) is 4.83. The molecule has 1 heterocycles. The minimum Gasteiger partial charge on any atom is -0.324 e. The highest BCUT2D eigenvalue weighted by Gasteiger charge is 2.26. The lowest BCUT2D eigenvalue weighted by Gasteiger charge is -2.31. The van der Waals surface area contributed by atoms with Crippen molar-refractivity contribution < 1.29 is 0 Å². The summed E-state index contributed by atoms with van der Waals surface area (Å²) in [7, 11) is 0. The van der Waals surface area contributed by atoms with Crippen molar-refractivity contribution in [3.8, 4) is 0 Å². The maximum atomic E-state index is 6.13. The maximum Gasteiger partial charge on any atom is 0.125 e. The van der Waals surface area contributed by atoms with Crippen LogP contribution in [0.15, 0.2) is 18.2 Å². The van der Waals surface area contributed by atoms with Gasteiger partial charge in [0.2, 0.25) is 0 Å². The van der Waals surface area contributed by atoms with E-state index in [1.807, 2.05) is 0 Å². The van der Waals surface area contributed by atoms with Crippen molar-refractivity contribution in [3.05, 3.63) is 29.6 Å². The van der Waals surface area contributed by atoms with E-state index in [9.17, 15) is 0 Å². The number of halogens is 1. The Balaban J connectivity index is 2.14. The highest BCUT2D eigenvalue weighted by atomic mass is 35.5. The van der Waals surface area contributed by atoms with Crippen LogP contribution in [-0.2, 0) is 5.88 Å². The quantitative estimate of drug-likeness (QED) is 0.718. The van der Waals surface area contributed by atoms with Crippen LogP contribution in [0.3, 0.4) is 0 Å². The minimum atomic E-state index is 0.497. The summed E-state index contributed by atoms with van der Waals surface area (Å²) < 4.78 is 2.41. The summed E-state index contributed by atoms with van der Waals surface area (Å²) in [6, 6.07) is 7.10. The molecular formula is C16H21ClN2. The van der Waals surface area contributed by atoms with Gasteiger partial charge in [-0.05, 0) is 43.4 Å². The molecule has 1 saturated carbocycles. The fraction of sp³-hybridized carbons (Fsp3) is 0.562. The summed E-state index contributed by atoms with van der Waals surface area (Å²) in [4.78, 5) is 4.73. The molecule has 0 radical (unpaired) electrons. The standard InChI is InChI=1S/C16H21ClN2/c1-11-7-8-15-13(9-11)18-16(10-17)19(15)14-6-4-3-5-12(14)2/h7-9,12,14H,3-6,10H2,1-2H3. The van der Waals surface area contributed by atoms with Crippen molar-refractivity contribution in [1.29, 1.82) is 0 Å². The van der Waals surface area contributed by atoms with E-state index in [-0.39, 0.29) is 0 Å². The van der Waals surface area contributed by atoms with Crippen molar-refractivity contribution in [3.63, 3.8) is 0 Å². The lowest BCUT2D eigenvalue weighted by molar-refractivity contribution is 0.258. The monoisotopic (exact) mass is 276 g/mol. The summed E-state index contributed by atoms with van der Waals surface area (Å²) in [6.07, 6.45) is 5.25.